The number of hydrogen-bond donors (Lipinski definition) is 2. The van der Waals surface area contributed by atoms with Gasteiger partial charge in [-0.3, -0.25) is 4.79 Å². The number of hydrogen-bond acceptors (Lipinski definition) is 5. The van der Waals surface area contributed by atoms with Gasteiger partial charge in [0.05, 0.1) is 5.56 Å². The molecule has 1 saturated heterocycles. The van der Waals surface area contributed by atoms with Crippen LogP contribution in [0.5, 0.6) is 0 Å². The molecule has 0 bridgehead atoms. The van der Waals surface area contributed by atoms with Crippen molar-refractivity contribution < 1.29 is 13.2 Å². The maximum atomic E-state index is 12.7. The summed E-state index contributed by atoms with van der Waals surface area (Å²) in [5, 5.41) is 11.6. The molecule has 1 aliphatic heterocycles. The number of nitrogens with two attached hydrogens (primary N) is 1. The number of sulfonamides is 1. The van der Waals surface area contributed by atoms with E-state index < -0.39 is 16.1 Å². The predicted molar refractivity (Wildman–Crippen MR) is 76.5 cm³/mol. The molecule has 112 valence electrons. The third-order valence-corrected chi connectivity index (χ3v) is 5.43. The van der Waals surface area contributed by atoms with Crippen molar-refractivity contribution in [2.45, 2.75) is 23.8 Å². The van der Waals surface area contributed by atoms with Crippen LogP contribution in [0.15, 0.2) is 23.1 Å². The van der Waals surface area contributed by atoms with Crippen LogP contribution in [0.25, 0.3) is 0 Å². The second-order valence-electron chi connectivity index (χ2n) is 4.76. The lowest BCUT2D eigenvalue weighted by molar-refractivity contribution is -0.123. The summed E-state index contributed by atoms with van der Waals surface area (Å²) < 4.78 is 26.6. The molecular weight excluding hydrogens is 292 g/mol. The Kier molecular flexibility index (Phi) is 4.16. The number of carbonyl (C=O) groups excluding carboxylic acids is 1. The first kappa shape index (κ1) is 15.3. The van der Waals surface area contributed by atoms with Crippen LogP contribution in [0.1, 0.15) is 18.4 Å². The fraction of sp³-hybridized carbons (Fsp3) is 0.385. The van der Waals surface area contributed by atoms with E-state index in [2.05, 4.69) is 5.32 Å². The molecule has 1 heterocycles. The molecule has 1 atom stereocenters. The highest BCUT2D eigenvalue weighted by molar-refractivity contribution is 7.89. The molecule has 3 N–H and O–H groups in total. The van der Waals surface area contributed by atoms with E-state index in [1.807, 2.05) is 6.07 Å². The molecule has 8 heteroatoms. The Bertz CT molecular complexity index is 709. The smallest absolute Gasteiger partial charge is 0.245 e. The van der Waals surface area contributed by atoms with Crippen molar-refractivity contribution in [2.24, 2.45) is 0 Å². The van der Waals surface area contributed by atoms with Gasteiger partial charge in [-0.05, 0) is 31.0 Å². The maximum absolute atomic E-state index is 12.7. The van der Waals surface area contributed by atoms with Crippen LogP contribution in [0.4, 0.5) is 5.69 Å². The van der Waals surface area contributed by atoms with E-state index in [0.29, 0.717) is 18.5 Å². The summed E-state index contributed by atoms with van der Waals surface area (Å²) >= 11 is 0. The van der Waals surface area contributed by atoms with Gasteiger partial charge in [0.15, 0.2) is 0 Å². The van der Waals surface area contributed by atoms with Gasteiger partial charge in [-0.25, -0.2) is 8.42 Å². The zero-order valence-electron chi connectivity index (χ0n) is 11.5. The largest absolute Gasteiger partial charge is 0.399 e. The van der Waals surface area contributed by atoms with Gasteiger partial charge < -0.3 is 11.1 Å². The summed E-state index contributed by atoms with van der Waals surface area (Å²) in [7, 11) is -2.44. The van der Waals surface area contributed by atoms with E-state index in [1.54, 1.807) is 0 Å². The minimum Gasteiger partial charge on any atom is -0.399 e. The molecule has 7 nitrogen and oxygen atoms in total. The topological polar surface area (TPSA) is 116 Å². The number of nitriles is 1. The number of nitrogens with one attached hydrogen (secondary N) is 1. The van der Waals surface area contributed by atoms with Gasteiger partial charge in [0.25, 0.3) is 0 Å². The Labute approximate surface area is 123 Å². The molecule has 0 aliphatic carbocycles. The highest BCUT2D eigenvalue weighted by Crippen LogP contribution is 2.28. The van der Waals surface area contributed by atoms with Crippen molar-refractivity contribution in [3.63, 3.8) is 0 Å². The third-order valence-electron chi connectivity index (χ3n) is 3.46. The first-order chi connectivity index (χ1) is 9.91. The average molecular weight is 308 g/mol. The van der Waals surface area contributed by atoms with Crippen LogP contribution >= 0.6 is 0 Å². The lowest BCUT2D eigenvalue weighted by Gasteiger charge is -2.23. The summed E-state index contributed by atoms with van der Waals surface area (Å²) in [5.41, 5.74) is 5.87. The van der Waals surface area contributed by atoms with E-state index in [4.69, 9.17) is 11.0 Å². The Morgan fingerprint density at radius 1 is 1.52 bits per heavy atom. The fourth-order valence-corrected chi connectivity index (χ4v) is 4.22. The van der Waals surface area contributed by atoms with Crippen LogP contribution in [-0.4, -0.2) is 38.3 Å². The summed E-state index contributed by atoms with van der Waals surface area (Å²) in [6.07, 6.45) is 1.07. The van der Waals surface area contributed by atoms with Crippen molar-refractivity contribution >= 4 is 21.6 Å². The van der Waals surface area contributed by atoms with Crippen molar-refractivity contribution in [3.8, 4) is 6.07 Å². The Morgan fingerprint density at radius 2 is 2.24 bits per heavy atom. The number of benzene rings is 1. The van der Waals surface area contributed by atoms with Gasteiger partial charge in [-0.15, -0.1) is 0 Å². The van der Waals surface area contributed by atoms with Gasteiger partial charge >= 0.3 is 0 Å². The highest BCUT2D eigenvalue weighted by Gasteiger charge is 2.39. The molecule has 0 radical (unpaired) electrons. The minimum atomic E-state index is -3.91. The van der Waals surface area contributed by atoms with Gasteiger partial charge in [0.1, 0.15) is 17.0 Å². The summed E-state index contributed by atoms with van der Waals surface area (Å²) in [5.74, 6) is -0.343. The third kappa shape index (κ3) is 2.70. The lowest BCUT2D eigenvalue weighted by atomic mass is 10.2. The number of anilines is 1. The predicted octanol–water partition coefficient (Wildman–Crippen LogP) is 0.0396. The lowest BCUT2D eigenvalue weighted by Crippen LogP contribution is -2.44. The second kappa shape index (κ2) is 5.71. The molecule has 1 aliphatic rings. The molecule has 1 aromatic carbocycles. The van der Waals surface area contributed by atoms with Gasteiger partial charge in [-0.2, -0.15) is 9.57 Å². The molecule has 1 aromatic rings. The van der Waals surface area contributed by atoms with Crippen molar-refractivity contribution in [1.29, 1.82) is 5.26 Å². The average Bonchev–Trinajstić information content (AvgIpc) is 2.96. The van der Waals surface area contributed by atoms with Crippen LogP contribution in [-0.2, 0) is 14.8 Å². The SMILES string of the molecule is CNC(=O)C1CCCN1S(=O)(=O)c1ccc(N)cc1C#N. The number of nitrogens with zero attached hydrogens (tertiary/aromatic N) is 2. The van der Waals surface area contributed by atoms with E-state index in [0.717, 1.165) is 4.31 Å². The second-order valence-corrected chi connectivity index (χ2v) is 6.61. The number of amides is 1. The minimum absolute atomic E-state index is 0.0162. The summed E-state index contributed by atoms with van der Waals surface area (Å²) in [6.45, 7) is 0.260. The maximum Gasteiger partial charge on any atom is 0.245 e. The Morgan fingerprint density at radius 3 is 2.86 bits per heavy atom. The van der Waals surface area contributed by atoms with Crippen LogP contribution < -0.4 is 11.1 Å². The number of carbonyl (C=O) groups is 1. The van der Waals surface area contributed by atoms with Crippen LogP contribution in [0.2, 0.25) is 0 Å². The Balaban J connectivity index is 2.48. The van der Waals surface area contributed by atoms with E-state index in [-0.39, 0.29) is 22.9 Å². The van der Waals surface area contributed by atoms with Gasteiger partial charge in [-0.1, -0.05) is 0 Å². The van der Waals surface area contributed by atoms with Crippen molar-refractivity contribution in [1.82, 2.24) is 9.62 Å². The Hall–Kier alpha value is -2.11. The quantitative estimate of drug-likeness (QED) is 0.765. The number of nitrogen functional groups attached to an aromatic ring is 1. The fourth-order valence-electron chi connectivity index (χ4n) is 2.44. The van der Waals surface area contributed by atoms with Gasteiger partial charge in [0.2, 0.25) is 15.9 Å². The highest BCUT2D eigenvalue weighted by atomic mass is 32.2. The monoisotopic (exact) mass is 308 g/mol. The van der Waals surface area contributed by atoms with Gasteiger partial charge in [0, 0.05) is 19.3 Å². The molecule has 1 amide bonds. The van der Waals surface area contributed by atoms with Crippen molar-refractivity contribution in [3.05, 3.63) is 23.8 Å². The van der Waals surface area contributed by atoms with E-state index in [1.165, 1.54) is 25.2 Å². The number of likely N-dealkylation sites (N-methyl/N-ethyl adjacent to an activating group) is 1. The van der Waals surface area contributed by atoms with Crippen molar-refractivity contribution in [2.75, 3.05) is 19.3 Å². The van der Waals surface area contributed by atoms with Crippen LogP contribution in [0, 0.1) is 11.3 Å². The number of rotatable bonds is 3. The molecule has 21 heavy (non-hydrogen) atoms. The molecule has 0 aromatic heterocycles. The summed E-state index contributed by atoms with van der Waals surface area (Å²) in [4.78, 5) is 11.7. The standard InChI is InChI=1S/C13H16N4O3S/c1-16-13(18)11-3-2-6-17(11)21(19,20)12-5-4-10(15)7-9(12)8-14/h4-5,7,11H,2-3,6,15H2,1H3,(H,16,18). The first-order valence-corrected chi connectivity index (χ1v) is 7.89. The zero-order chi connectivity index (χ0) is 15.6. The normalized spacial score (nSPS) is 19.1. The van der Waals surface area contributed by atoms with E-state index >= 15 is 0 Å². The molecule has 1 unspecified atom stereocenters. The molecule has 1 fully saturated rings. The van der Waals surface area contributed by atoms with E-state index in [9.17, 15) is 13.2 Å². The molecule has 0 saturated carbocycles. The molecule has 2 rings (SSSR count). The molecular formula is C13H16N4O3S. The zero-order valence-corrected chi connectivity index (χ0v) is 12.4. The molecule has 0 spiro atoms. The first-order valence-electron chi connectivity index (χ1n) is 6.45. The summed E-state index contributed by atoms with van der Waals surface area (Å²) in [6, 6.07) is 5.16. The van der Waals surface area contributed by atoms with Crippen LogP contribution in [0.3, 0.4) is 0 Å².